The predicted molar refractivity (Wildman–Crippen MR) is 128 cm³/mol. The number of ether oxygens (including phenoxy) is 1. The zero-order valence-corrected chi connectivity index (χ0v) is 19.0. The third kappa shape index (κ3) is 5.76. The summed E-state index contributed by atoms with van der Waals surface area (Å²) in [7, 11) is 0. The number of benzene rings is 3. The van der Waals surface area contributed by atoms with Gasteiger partial charge >= 0.3 is 0 Å². The smallest absolute Gasteiger partial charge is 0.265 e. The topological polar surface area (TPSA) is 67.4 Å². The number of carbonyl (C=O) groups is 2. The van der Waals surface area contributed by atoms with Crippen LogP contribution in [0.25, 0.3) is 0 Å². The van der Waals surface area contributed by atoms with Crippen molar-refractivity contribution >= 4 is 17.5 Å². The maximum Gasteiger partial charge on any atom is 0.265 e. The third-order valence-corrected chi connectivity index (χ3v) is 5.29. The minimum atomic E-state index is -0.728. The Hall–Kier alpha value is -3.60. The monoisotopic (exact) mass is 430 g/mol. The zero-order chi connectivity index (χ0) is 23.1. The van der Waals surface area contributed by atoms with E-state index in [1.165, 1.54) is 0 Å². The van der Waals surface area contributed by atoms with Gasteiger partial charge in [0.15, 0.2) is 6.10 Å². The molecule has 0 aliphatic heterocycles. The molecule has 2 N–H and O–H groups in total. The Balaban J connectivity index is 1.70. The van der Waals surface area contributed by atoms with Crippen molar-refractivity contribution in [1.82, 2.24) is 5.32 Å². The number of para-hydroxylation sites is 2. The SMILES string of the molecule is CC(C)c1ccccc1O[C@@H](C)C(=O)Nc1ccccc1C(=O)N[C@H](C)c1ccccc1. The third-order valence-electron chi connectivity index (χ3n) is 5.29. The summed E-state index contributed by atoms with van der Waals surface area (Å²) in [6.45, 7) is 7.79. The fourth-order valence-corrected chi connectivity index (χ4v) is 3.43. The first-order valence-electron chi connectivity index (χ1n) is 10.9. The van der Waals surface area contributed by atoms with Gasteiger partial charge in [-0.25, -0.2) is 0 Å². The summed E-state index contributed by atoms with van der Waals surface area (Å²) in [5.74, 6) is 0.390. The van der Waals surface area contributed by atoms with Crippen LogP contribution >= 0.6 is 0 Å². The number of anilines is 1. The van der Waals surface area contributed by atoms with E-state index in [9.17, 15) is 9.59 Å². The second-order valence-corrected chi connectivity index (χ2v) is 8.09. The summed E-state index contributed by atoms with van der Waals surface area (Å²) < 4.78 is 5.95. The van der Waals surface area contributed by atoms with Gasteiger partial charge in [0.2, 0.25) is 0 Å². The minimum absolute atomic E-state index is 0.165. The Morgan fingerprint density at radius 1 is 0.781 bits per heavy atom. The van der Waals surface area contributed by atoms with Crippen LogP contribution in [0.5, 0.6) is 5.75 Å². The van der Waals surface area contributed by atoms with Gasteiger partial charge in [0, 0.05) is 0 Å². The van der Waals surface area contributed by atoms with Gasteiger partial charge in [0.05, 0.1) is 17.3 Å². The summed E-state index contributed by atoms with van der Waals surface area (Å²) in [5.41, 5.74) is 2.90. The molecule has 2 amide bonds. The summed E-state index contributed by atoms with van der Waals surface area (Å²) in [6, 6.07) is 24.3. The number of rotatable bonds is 8. The molecule has 3 aromatic rings. The molecule has 32 heavy (non-hydrogen) atoms. The van der Waals surface area contributed by atoms with Crippen LogP contribution in [0.4, 0.5) is 5.69 Å². The van der Waals surface area contributed by atoms with Crippen LogP contribution in [-0.2, 0) is 4.79 Å². The van der Waals surface area contributed by atoms with E-state index in [0.717, 1.165) is 11.1 Å². The van der Waals surface area contributed by atoms with Crippen LogP contribution in [0.15, 0.2) is 78.9 Å². The first-order chi connectivity index (χ1) is 15.4. The quantitative estimate of drug-likeness (QED) is 0.481. The van der Waals surface area contributed by atoms with E-state index in [0.29, 0.717) is 17.0 Å². The lowest BCUT2D eigenvalue weighted by molar-refractivity contribution is -0.122. The standard InChI is InChI=1S/C27H30N2O3/c1-18(2)22-14-9-11-17-25(22)32-20(4)26(30)29-24-16-10-8-15-23(24)27(31)28-19(3)21-12-6-5-7-13-21/h5-20H,1-4H3,(H,28,31)(H,29,30)/t19-,20+/m1/s1. The maximum atomic E-state index is 12.9. The molecule has 2 atom stereocenters. The van der Waals surface area contributed by atoms with Crippen LogP contribution < -0.4 is 15.4 Å². The number of nitrogens with one attached hydrogen (secondary N) is 2. The van der Waals surface area contributed by atoms with Crippen molar-refractivity contribution in [2.45, 2.75) is 45.8 Å². The molecule has 0 heterocycles. The first-order valence-corrected chi connectivity index (χ1v) is 10.9. The second kappa shape index (κ2) is 10.6. The van der Waals surface area contributed by atoms with Crippen molar-refractivity contribution in [3.8, 4) is 5.75 Å². The molecule has 3 aromatic carbocycles. The summed E-state index contributed by atoms with van der Waals surface area (Å²) in [5, 5.41) is 5.84. The molecule has 0 aliphatic carbocycles. The van der Waals surface area contributed by atoms with Gasteiger partial charge in [-0.05, 0) is 49.1 Å². The number of amides is 2. The van der Waals surface area contributed by atoms with Gasteiger partial charge in [0.25, 0.3) is 11.8 Å². The van der Waals surface area contributed by atoms with Crippen molar-refractivity contribution in [1.29, 1.82) is 0 Å². The van der Waals surface area contributed by atoms with Gasteiger partial charge in [0.1, 0.15) is 5.75 Å². The van der Waals surface area contributed by atoms with Gasteiger partial charge in [-0.15, -0.1) is 0 Å². The molecule has 5 heteroatoms. The average Bonchev–Trinajstić information content (AvgIpc) is 2.80. The van der Waals surface area contributed by atoms with E-state index >= 15 is 0 Å². The molecule has 3 rings (SSSR count). The predicted octanol–water partition coefficient (Wildman–Crippen LogP) is 5.71. The Morgan fingerprint density at radius 3 is 2.12 bits per heavy atom. The summed E-state index contributed by atoms with van der Waals surface area (Å²) in [4.78, 5) is 25.8. The summed E-state index contributed by atoms with van der Waals surface area (Å²) in [6.07, 6.45) is -0.728. The van der Waals surface area contributed by atoms with E-state index in [1.807, 2.05) is 61.5 Å². The molecular weight excluding hydrogens is 400 g/mol. The molecule has 0 saturated carbocycles. The minimum Gasteiger partial charge on any atom is -0.481 e. The molecule has 5 nitrogen and oxygen atoms in total. The highest BCUT2D eigenvalue weighted by Gasteiger charge is 2.20. The van der Waals surface area contributed by atoms with E-state index in [4.69, 9.17) is 4.74 Å². The maximum absolute atomic E-state index is 12.9. The molecule has 0 saturated heterocycles. The van der Waals surface area contributed by atoms with E-state index in [2.05, 4.69) is 24.5 Å². The van der Waals surface area contributed by atoms with Crippen LogP contribution in [0.3, 0.4) is 0 Å². The lowest BCUT2D eigenvalue weighted by Crippen LogP contribution is -2.32. The molecule has 0 aliphatic rings. The van der Waals surface area contributed by atoms with Gasteiger partial charge in [-0.3, -0.25) is 9.59 Å². The van der Waals surface area contributed by atoms with Gasteiger partial charge in [-0.2, -0.15) is 0 Å². The number of hydrogen-bond donors (Lipinski definition) is 2. The molecule has 0 aromatic heterocycles. The van der Waals surface area contributed by atoms with E-state index in [1.54, 1.807) is 31.2 Å². The Morgan fingerprint density at radius 2 is 1.41 bits per heavy atom. The van der Waals surface area contributed by atoms with Crippen molar-refractivity contribution < 1.29 is 14.3 Å². The van der Waals surface area contributed by atoms with E-state index < -0.39 is 6.10 Å². The zero-order valence-electron chi connectivity index (χ0n) is 19.0. The molecule has 0 fully saturated rings. The first kappa shape index (κ1) is 23.1. The van der Waals surface area contributed by atoms with E-state index in [-0.39, 0.29) is 23.8 Å². The average molecular weight is 431 g/mol. The van der Waals surface area contributed by atoms with Gasteiger partial charge in [-0.1, -0.05) is 74.5 Å². The highest BCUT2D eigenvalue weighted by Crippen LogP contribution is 2.27. The molecule has 0 radical (unpaired) electrons. The van der Waals surface area contributed by atoms with Crippen molar-refractivity contribution in [2.75, 3.05) is 5.32 Å². The lowest BCUT2D eigenvalue weighted by atomic mass is 10.0. The number of hydrogen-bond acceptors (Lipinski definition) is 3. The fraction of sp³-hybridized carbons (Fsp3) is 0.259. The highest BCUT2D eigenvalue weighted by molar-refractivity contribution is 6.04. The summed E-state index contributed by atoms with van der Waals surface area (Å²) >= 11 is 0. The van der Waals surface area contributed by atoms with Crippen LogP contribution in [0.2, 0.25) is 0 Å². The Bertz CT molecular complexity index is 1060. The molecule has 0 bridgehead atoms. The van der Waals surface area contributed by atoms with Crippen molar-refractivity contribution in [3.63, 3.8) is 0 Å². The highest BCUT2D eigenvalue weighted by atomic mass is 16.5. The Labute approximate surface area is 189 Å². The number of carbonyl (C=O) groups excluding carboxylic acids is 2. The van der Waals surface area contributed by atoms with Gasteiger partial charge < -0.3 is 15.4 Å². The van der Waals surface area contributed by atoms with Crippen LogP contribution in [0, 0.1) is 0 Å². The molecule has 0 unspecified atom stereocenters. The normalized spacial score (nSPS) is 12.7. The van der Waals surface area contributed by atoms with Crippen LogP contribution in [0.1, 0.15) is 61.1 Å². The molecule has 0 spiro atoms. The lowest BCUT2D eigenvalue weighted by Gasteiger charge is -2.20. The van der Waals surface area contributed by atoms with Crippen molar-refractivity contribution in [3.05, 3.63) is 95.6 Å². The molecular formula is C27H30N2O3. The Kier molecular flexibility index (Phi) is 7.66. The fourth-order valence-electron chi connectivity index (χ4n) is 3.43. The largest absolute Gasteiger partial charge is 0.481 e. The van der Waals surface area contributed by atoms with Crippen LogP contribution in [-0.4, -0.2) is 17.9 Å². The van der Waals surface area contributed by atoms with Crippen molar-refractivity contribution in [2.24, 2.45) is 0 Å². The second-order valence-electron chi connectivity index (χ2n) is 8.09. The molecule has 166 valence electrons.